The van der Waals surface area contributed by atoms with Gasteiger partial charge in [-0.05, 0) is 12.0 Å². The van der Waals surface area contributed by atoms with Crippen molar-refractivity contribution in [2.75, 3.05) is 12.3 Å². The van der Waals surface area contributed by atoms with Gasteiger partial charge in [-0.3, -0.25) is 14.3 Å². The third-order valence-electron chi connectivity index (χ3n) is 2.37. The van der Waals surface area contributed by atoms with Gasteiger partial charge in [0, 0.05) is 24.9 Å². The van der Waals surface area contributed by atoms with Crippen LogP contribution in [0.1, 0.15) is 6.42 Å². The summed E-state index contributed by atoms with van der Waals surface area (Å²) in [5, 5.41) is 8.81. The van der Waals surface area contributed by atoms with E-state index in [4.69, 9.17) is 10.8 Å². The molecule has 0 spiro atoms. The van der Waals surface area contributed by atoms with Gasteiger partial charge in [-0.2, -0.15) is 0 Å². The average Bonchev–Trinajstić information content (AvgIpc) is 2.93. The standard InChI is InChI=1S/C9H11N3O3/c10-7-3-12(9(15)11-8(7)14)2-5-1-6(5)4-13/h2-3,6,13H,1,4,10H2,(H,11,14,15)/t6-/m0/s1. The molecule has 0 aliphatic heterocycles. The molecule has 2 rings (SSSR count). The van der Waals surface area contributed by atoms with Crippen LogP contribution in [-0.2, 0) is 0 Å². The van der Waals surface area contributed by atoms with E-state index in [2.05, 4.69) is 4.98 Å². The molecule has 1 fully saturated rings. The third-order valence-corrected chi connectivity index (χ3v) is 2.37. The highest BCUT2D eigenvalue weighted by Crippen LogP contribution is 2.37. The summed E-state index contributed by atoms with van der Waals surface area (Å²) in [4.78, 5) is 24.3. The van der Waals surface area contributed by atoms with Crippen LogP contribution in [0, 0.1) is 5.92 Å². The number of nitrogens with one attached hydrogen (secondary N) is 1. The summed E-state index contributed by atoms with van der Waals surface area (Å²) in [5.41, 5.74) is 5.24. The molecule has 15 heavy (non-hydrogen) atoms. The number of aromatic amines is 1. The summed E-state index contributed by atoms with van der Waals surface area (Å²) < 4.78 is 1.22. The highest BCUT2D eigenvalue weighted by atomic mass is 16.3. The van der Waals surface area contributed by atoms with Gasteiger partial charge in [-0.1, -0.05) is 0 Å². The number of anilines is 1. The highest BCUT2D eigenvalue weighted by Gasteiger charge is 2.28. The number of H-pyrrole nitrogens is 1. The normalized spacial score (nSPS) is 21.9. The minimum Gasteiger partial charge on any atom is -0.396 e. The maximum Gasteiger partial charge on any atom is 0.332 e. The largest absolute Gasteiger partial charge is 0.396 e. The summed E-state index contributed by atoms with van der Waals surface area (Å²) in [5.74, 6) is 0.144. The number of hydrogen-bond donors (Lipinski definition) is 3. The van der Waals surface area contributed by atoms with Gasteiger partial charge in [0.25, 0.3) is 5.56 Å². The molecule has 4 N–H and O–H groups in total. The van der Waals surface area contributed by atoms with Gasteiger partial charge >= 0.3 is 5.69 Å². The Balaban J connectivity index is 2.39. The number of aromatic nitrogens is 2. The molecule has 0 aromatic carbocycles. The number of hydrogen-bond acceptors (Lipinski definition) is 4. The second-order valence-electron chi connectivity index (χ2n) is 3.54. The smallest absolute Gasteiger partial charge is 0.332 e. The fourth-order valence-electron chi connectivity index (χ4n) is 1.34. The number of nitrogen functional groups attached to an aromatic ring is 1. The molecule has 6 heteroatoms. The first kappa shape index (κ1) is 9.72. The molecule has 1 heterocycles. The number of aliphatic hydroxyl groups is 1. The molecule has 0 saturated heterocycles. The minimum atomic E-state index is -0.579. The van der Waals surface area contributed by atoms with E-state index < -0.39 is 11.2 Å². The van der Waals surface area contributed by atoms with E-state index in [9.17, 15) is 9.59 Å². The number of rotatable bonds is 2. The number of nitrogens with zero attached hydrogens (tertiary/aromatic N) is 1. The molecule has 0 unspecified atom stereocenters. The third kappa shape index (κ3) is 1.84. The van der Waals surface area contributed by atoms with Crippen molar-refractivity contribution in [2.45, 2.75) is 6.42 Å². The van der Waals surface area contributed by atoms with Crippen LogP contribution in [0.3, 0.4) is 0 Å². The van der Waals surface area contributed by atoms with Crippen molar-refractivity contribution < 1.29 is 5.11 Å². The van der Waals surface area contributed by atoms with Crippen molar-refractivity contribution >= 4 is 11.9 Å². The second-order valence-corrected chi connectivity index (χ2v) is 3.54. The first-order valence-corrected chi connectivity index (χ1v) is 4.54. The van der Waals surface area contributed by atoms with Crippen LogP contribution in [0.2, 0.25) is 0 Å². The Morgan fingerprint density at radius 1 is 1.67 bits per heavy atom. The van der Waals surface area contributed by atoms with Gasteiger partial charge in [0.05, 0.1) is 0 Å². The van der Waals surface area contributed by atoms with Gasteiger partial charge in [0.1, 0.15) is 5.69 Å². The Hall–Kier alpha value is -1.82. The molecule has 80 valence electrons. The first-order chi connectivity index (χ1) is 7.11. The summed E-state index contributed by atoms with van der Waals surface area (Å²) in [6.07, 6.45) is 3.65. The van der Waals surface area contributed by atoms with Gasteiger partial charge in [-0.15, -0.1) is 0 Å². The Kier molecular flexibility index (Phi) is 2.20. The van der Waals surface area contributed by atoms with Crippen molar-refractivity contribution in [2.24, 2.45) is 5.92 Å². The SMILES string of the molecule is Nc1cn(C=C2C[C@H]2CO)c(=O)[nH]c1=O. The molecule has 0 radical (unpaired) electrons. The lowest BCUT2D eigenvalue weighted by Crippen LogP contribution is -2.28. The van der Waals surface area contributed by atoms with E-state index in [1.165, 1.54) is 10.8 Å². The fraction of sp³-hybridized carbons (Fsp3) is 0.333. The zero-order valence-corrected chi connectivity index (χ0v) is 7.93. The Bertz CT molecular complexity index is 526. The second kappa shape index (κ2) is 3.39. The molecule has 6 nitrogen and oxygen atoms in total. The molecule has 1 aliphatic rings. The van der Waals surface area contributed by atoms with Gasteiger partial charge in [-0.25, -0.2) is 4.79 Å². The van der Waals surface area contributed by atoms with Gasteiger partial charge < -0.3 is 10.8 Å². The van der Waals surface area contributed by atoms with Crippen LogP contribution < -0.4 is 17.0 Å². The molecule has 1 aromatic heterocycles. The molecule has 1 aliphatic carbocycles. The zero-order valence-electron chi connectivity index (χ0n) is 7.93. The summed E-state index contributed by atoms with van der Waals surface area (Å²) in [6, 6.07) is 0. The molecule has 1 atom stereocenters. The molecular weight excluding hydrogens is 198 g/mol. The van der Waals surface area contributed by atoms with E-state index in [0.29, 0.717) is 0 Å². The minimum absolute atomic E-state index is 0.00681. The lowest BCUT2D eigenvalue weighted by molar-refractivity contribution is 0.281. The summed E-state index contributed by atoms with van der Waals surface area (Å²) in [6.45, 7) is 0.0828. The Morgan fingerprint density at radius 2 is 2.40 bits per heavy atom. The van der Waals surface area contributed by atoms with Crippen molar-refractivity contribution in [1.82, 2.24) is 9.55 Å². The van der Waals surface area contributed by atoms with Crippen molar-refractivity contribution in [3.05, 3.63) is 32.6 Å². The Labute approximate surface area is 84.7 Å². The lowest BCUT2D eigenvalue weighted by Gasteiger charge is -1.97. The molecule has 1 saturated carbocycles. The molecular formula is C9H11N3O3. The summed E-state index contributed by atoms with van der Waals surface area (Å²) in [7, 11) is 0. The monoisotopic (exact) mass is 209 g/mol. The van der Waals surface area contributed by atoms with E-state index in [1.54, 1.807) is 6.20 Å². The zero-order chi connectivity index (χ0) is 11.0. The van der Waals surface area contributed by atoms with Crippen LogP contribution in [0.4, 0.5) is 5.69 Å². The van der Waals surface area contributed by atoms with Gasteiger partial charge in [0.15, 0.2) is 0 Å². The molecule has 1 aromatic rings. The maximum atomic E-state index is 11.3. The average molecular weight is 209 g/mol. The molecule has 0 bridgehead atoms. The first-order valence-electron chi connectivity index (χ1n) is 4.54. The van der Waals surface area contributed by atoms with Crippen LogP contribution in [0.15, 0.2) is 21.4 Å². The predicted octanol–water partition coefficient (Wildman–Crippen LogP) is -1.03. The van der Waals surface area contributed by atoms with Gasteiger partial charge in [0.2, 0.25) is 0 Å². The Morgan fingerprint density at radius 3 is 3.00 bits per heavy atom. The highest BCUT2D eigenvalue weighted by molar-refractivity contribution is 5.43. The van der Waals surface area contributed by atoms with Crippen LogP contribution in [-0.4, -0.2) is 21.3 Å². The van der Waals surface area contributed by atoms with E-state index in [-0.39, 0.29) is 18.2 Å². The molecule has 0 amide bonds. The van der Waals surface area contributed by atoms with Crippen molar-refractivity contribution in [1.29, 1.82) is 0 Å². The summed E-state index contributed by atoms with van der Waals surface area (Å²) >= 11 is 0. The maximum absolute atomic E-state index is 11.3. The van der Waals surface area contributed by atoms with Crippen molar-refractivity contribution in [3.63, 3.8) is 0 Å². The number of nitrogens with two attached hydrogens (primary N) is 1. The predicted molar refractivity (Wildman–Crippen MR) is 55.2 cm³/mol. The lowest BCUT2D eigenvalue weighted by atomic mass is 10.4. The number of aliphatic hydroxyl groups excluding tert-OH is 1. The quantitative estimate of drug-likeness (QED) is 0.579. The van der Waals surface area contributed by atoms with E-state index in [1.807, 2.05) is 0 Å². The van der Waals surface area contributed by atoms with Crippen LogP contribution in [0.5, 0.6) is 0 Å². The van der Waals surface area contributed by atoms with E-state index in [0.717, 1.165) is 12.0 Å². The van der Waals surface area contributed by atoms with Crippen LogP contribution in [0.25, 0.3) is 6.20 Å². The van der Waals surface area contributed by atoms with E-state index >= 15 is 0 Å². The van der Waals surface area contributed by atoms with Crippen molar-refractivity contribution in [3.8, 4) is 0 Å². The fourth-order valence-corrected chi connectivity index (χ4v) is 1.34. The van der Waals surface area contributed by atoms with Crippen LogP contribution >= 0.6 is 0 Å². The topological polar surface area (TPSA) is 101 Å².